The average molecular weight is 296 g/mol. The van der Waals surface area contributed by atoms with Gasteiger partial charge in [-0.05, 0) is 12.1 Å². The molecule has 0 aliphatic rings. The zero-order valence-electron chi connectivity index (χ0n) is 9.80. The van der Waals surface area contributed by atoms with E-state index in [1.807, 2.05) is 0 Å². The Labute approximate surface area is 117 Å². The van der Waals surface area contributed by atoms with Gasteiger partial charge in [0.1, 0.15) is 0 Å². The number of aromatic nitrogens is 2. The Morgan fingerprint density at radius 1 is 1.25 bits per heavy atom. The number of benzene rings is 1. The van der Waals surface area contributed by atoms with Crippen molar-refractivity contribution in [3.05, 3.63) is 52.7 Å². The number of carboxylic acid groups (broad SMARTS) is 1. The van der Waals surface area contributed by atoms with E-state index < -0.39 is 23.4 Å². The van der Waals surface area contributed by atoms with Crippen molar-refractivity contribution in [2.75, 3.05) is 5.32 Å². The van der Waals surface area contributed by atoms with Gasteiger partial charge >= 0.3 is 5.97 Å². The van der Waals surface area contributed by atoms with Crippen molar-refractivity contribution in [2.24, 2.45) is 0 Å². The molecule has 1 aromatic heterocycles. The van der Waals surface area contributed by atoms with Crippen molar-refractivity contribution < 1.29 is 19.1 Å². The van der Waals surface area contributed by atoms with Gasteiger partial charge < -0.3 is 10.4 Å². The molecule has 1 aromatic carbocycles. The Balaban J connectivity index is 2.33. The lowest BCUT2D eigenvalue weighted by molar-refractivity contribution is 0.0691. The highest BCUT2D eigenvalue weighted by molar-refractivity contribution is 6.31. The van der Waals surface area contributed by atoms with Crippen molar-refractivity contribution in [1.82, 2.24) is 9.97 Å². The number of carbonyl (C=O) groups is 2. The van der Waals surface area contributed by atoms with Gasteiger partial charge in [0.2, 0.25) is 0 Å². The largest absolute Gasteiger partial charge is 0.476 e. The third-order valence-corrected chi connectivity index (χ3v) is 2.62. The number of hydrogen-bond acceptors (Lipinski definition) is 4. The molecule has 0 fully saturated rings. The quantitative estimate of drug-likeness (QED) is 0.906. The van der Waals surface area contributed by atoms with Gasteiger partial charge in [-0.3, -0.25) is 4.79 Å². The zero-order chi connectivity index (χ0) is 14.7. The molecule has 2 N–H and O–H groups in total. The van der Waals surface area contributed by atoms with Crippen LogP contribution in [0.5, 0.6) is 0 Å². The fraction of sp³-hybridized carbons (Fsp3) is 0. The molecule has 6 nitrogen and oxygen atoms in total. The molecular formula is C12H7ClFN3O3. The third-order valence-electron chi connectivity index (χ3n) is 2.33. The maximum atomic E-state index is 13.7. The maximum Gasteiger partial charge on any atom is 0.358 e. The fourth-order valence-corrected chi connectivity index (χ4v) is 1.61. The number of hydrogen-bond donors (Lipinski definition) is 2. The van der Waals surface area contributed by atoms with E-state index in [9.17, 15) is 14.0 Å². The van der Waals surface area contributed by atoms with Crippen LogP contribution < -0.4 is 5.32 Å². The fourth-order valence-electron chi connectivity index (χ4n) is 1.44. The smallest absolute Gasteiger partial charge is 0.358 e. The summed E-state index contributed by atoms with van der Waals surface area (Å²) in [5.41, 5.74) is -0.761. The Morgan fingerprint density at radius 2 is 1.95 bits per heavy atom. The van der Waals surface area contributed by atoms with Crippen LogP contribution in [0.2, 0.25) is 5.02 Å². The summed E-state index contributed by atoms with van der Waals surface area (Å²) < 4.78 is 13.7. The second kappa shape index (κ2) is 5.62. The summed E-state index contributed by atoms with van der Waals surface area (Å²) in [6.07, 6.45) is 2.37. The molecular weight excluding hydrogens is 289 g/mol. The first-order valence-electron chi connectivity index (χ1n) is 5.30. The number of amides is 1. The van der Waals surface area contributed by atoms with Crippen LogP contribution in [0.1, 0.15) is 20.8 Å². The highest BCUT2D eigenvalue weighted by Gasteiger charge is 2.19. The normalized spacial score (nSPS) is 10.1. The highest BCUT2D eigenvalue weighted by atomic mass is 35.5. The molecule has 8 heteroatoms. The summed E-state index contributed by atoms with van der Waals surface area (Å²) in [5.74, 6) is -3.40. The van der Waals surface area contributed by atoms with Crippen molar-refractivity contribution >= 4 is 29.3 Å². The Morgan fingerprint density at radius 3 is 2.65 bits per heavy atom. The van der Waals surface area contributed by atoms with E-state index in [1.165, 1.54) is 30.6 Å². The molecule has 1 heterocycles. The van der Waals surface area contributed by atoms with E-state index in [2.05, 4.69) is 15.3 Å². The van der Waals surface area contributed by atoms with Crippen LogP contribution in [0.3, 0.4) is 0 Å². The molecule has 0 radical (unpaired) electrons. The van der Waals surface area contributed by atoms with Crippen LogP contribution in [-0.2, 0) is 0 Å². The van der Waals surface area contributed by atoms with Gasteiger partial charge in [0.15, 0.2) is 17.3 Å². The molecule has 0 atom stereocenters. The van der Waals surface area contributed by atoms with Gasteiger partial charge in [-0.25, -0.2) is 19.2 Å². The van der Waals surface area contributed by atoms with E-state index in [4.69, 9.17) is 16.7 Å². The molecule has 0 saturated carbocycles. The highest BCUT2D eigenvalue weighted by Crippen LogP contribution is 2.19. The molecule has 0 aliphatic heterocycles. The van der Waals surface area contributed by atoms with Crippen LogP contribution in [0.15, 0.2) is 30.6 Å². The van der Waals surface area contributed by atoms with Crippen molar-refractivity contribution in [3.8, 4) is 0 Å². The van der Waals surface area contributed by atoms with Gasteiger partial charge in [0.25, 0.3) is 5.91 Å². The third kappa shape index (κ3) is 2.72. The molecule has 102 valence electrons. The predicted molar refractivity (Wildman–Crippen MR) is 68.4 cm³/mol. The van der Waals surface area contributed by atoms with Crippen molar-refractivity contribution in [1.29, 1.82) is 0 Å². The summed E-state index contributed by atoms with van der Waals surface area (Å²) >= 11 is 5.57. The van der Waals surface area contributed by atoms with Crippen LogP contribution in [-0.4, -0.2) is 27.0 Å². The minimum absolute atomic E-state index is 0.213. The number of rotatable bonds is 3. The Hall–Kier alpha value is -2.54. The molecule has 2 rings (SSSR count). The number of nitrogens with one attached hydrogen (secondary N) is 1. The number of nitrogens with zero attached hydrogens (tertiary/aromatic N) is 2. The van der Waals surface area contributed by atoms with Gasteiger partial charge in [-0.15, -0.1) is 0 Å². The molecule has 0 saturated heterocycles. The molecule has 20 heavy (non-hydrogen) atoms. The van der Waals surface area contributed by atoms with E-state index in [1.54, 1.807) is 0 Å². The van der Waals surface area contributed by atoms with E-state index in [-0.39, 0.29) is 16.4 Å². The van der Waals surface area contributed by atoms with Crippen LogP contribution in [0.4, 0.5) is 10.2 Å². The minimum Gasteiger partial charge on any atom is -0.476 e. The predicted octanol–water partition coefficient (Wildman–Crippen LogP) is 2.22. The maximum absolute atomic E-state index is 13.7. The van der Waals surface area contributed by atoms with E-state index in [0.717, 1.165) is 0 Å². The lowest BCUT2D eigenvalue weighted by atomic mass is 10.2. The minimum atomic E-state index is -1.36. The molecule has 0 unspecified atom stereocenters. The van der Waals surface area contributed by atoms with Crippen molar-refractivity contribution in [2.45, 2.75) is 0 Å². The summed E-state index contributed by atoms with van der Waals surface area (Å²) in [5, 5.41) is 10.9. The van der Waals surface area contributed by atoms with Crippen LogP contribution in [0.25, 0.3) is 0 Å². The summed E-state index contributed by atoms with van der Waals surface area (Å²) in [6, 6.07) is 3.90. The summed E-state index contributed by atoms with van der Waals surface area (Å²) in [4.78, 5) is 30.1. The topological polar surface area (TPSA) is 92.2 Å². The average Bonchev–Trinajstić information content (AvgIpc) is 2.42. The van der Waals surface area contributed by atoms with E-state index in [0.29, 0.717) is 0 Å². The van der Waals surface area contributed by atoms with E-state index >= 15 is 0 Å². The van der Waals surface area contributed by atoms with Crippen molar-refractivity contribution in [3.63, 3.8) is 0 Å². The Bertz CT molecular complexity index is 693. The molecule has 2 aromatic rings. The summed E-state index contributed by atoms with van der Waals surface area (Å²) in [6.45, 7) is 0. The first-order valence-corrected chi connectivity index (χ1v) is 5.68. The lowest BCUT2D eigenvalue weighted by Gasteiger charge is -2.07. The second-order valence-corrected chi connectivity index (χ2v) is 4.02. The standard InChI is InChI=1S/C12H7ClFN3O3/c13-7-3-1-2-6(8(7)14)11(18)17-10-9(12(19)20)15-4-5-16-10/h1-5H,(H,19,20)(H,16,17,18). The van der Waals surface area contributed by atoms with Gasteiger partial charge in [0.05, 0.1) is 10.6 Å². The number of carboxylic acids is 1. The number of aromatic carboxylic acids is 1. The van der Waals surface area contributed by atoms with Crippen LogP contribution >= 0.6 is 11.6 Å². The SMILES string of the molecule is O=C(Nc1nccnc1C(=O)O)c1cccc(Cl)c1F. The van der Waals surface area contributed by atoms with Gasteiger partial charge in [0, 0.05) is 12.4 Å². The molecule has 0 spiro atoms. The monoisotopic (exact) mass is 295 g/mol. The lowest BCUT2D eigenvalue weighted by Crippen LogP contribution is -2.18. The first-order chi connectivity index (χ1) is 9.50. The molecule has 0 bridgehead atoms. The van der Waals surface area contributed by atoms with Crippen LogP contribution in [0, 0.1) is 5.82 Å². The number of halogens is 2. The molecule has 1 amide bonds. The molecule has 0 aliphatic carbocycles. The second-order valence-electron chi connectivity index (χ2n) is 3.61. The first kappa shape index (κ1) is 13.9. The number of anilines is 1. The number of carbonyl (C=O) groups excluding carboxylic acids is 1. The van der Waals surface area contributed by atoms with Gasteiger partial charge in [-0.2, -0.15) is 0 Å². The van der Waals surface area contributed by atoms with Gasteiger partial charge in [-0.1, -0.05) is 17.7 Å². The zero-order valence-corrected chi connectivity index (χ0v) is 10.6. The summed E-state index contributed by atoms with van der Waals surface area (Å²) in [7, 11) is 0. The Kier molecular flexibility index (Phi) is 3.90.